The van der Waals surface area contributed by atoms with Crippen LogP contribution in [0.4, 0.5) is 4.79 Å². The highest BCUT2D eigenvalue weighted by atomic mass is 16.6. The molecule has 2 bridgehead atoms. The quantitative estimate of drug-likeness (QED) is 0.0696. The molecule has 11 atom stereocenters. The Morgan fingerprint density at radius 2 is 1.54 bits per heavy atom. The third-order valence-electron chi connectivity index (χ3n) is 14.4. The van der Waals surface area contributed by atoms with Crippen molar-refractivity contribution in [2.75, 3.05) is 26.4 Å². The second-order valence-electron chi connectivity index (χ2n) is 20.3. The highest BCUT2D eigenvalue weighted by molar-refractivity contribution is 6.12. The molecule has 4 N–H and O–H groups in total. The van der Waals surface area contributed by atoms with E-state index in [0.717, 1.165) is 24.0 Å². The van der Waals surface area contributed by atoms with E-state index in [9.17, 15) is 44.1 Å². The Labute approximate surface area is 409 Å². The van der Waals surface area contributed by atoms with Gasteiger partial charge in [-0.1, -0.05) is 62.4 Å². The zero-order valence-corrected chi connectivity index (χ0v) is 40.7. The number of amides is 3. The van der Waals surface area contributed by atoms with Crippen molar-refractivity contribution in [2.24, 2.45) is 16.7 Å². The van der Waals surface area contributed by atoms with Crippen LogP contribution in [0.3, 0.4) is 0 Å². The van der Waals surface area contributed by atoms with E-state index in [1.54, 1.807) is 57.2 Å². The molecule has 3 amide bonds. The molecular formula is C51H60N2O18. The van der Waals surface area contributed by atoms with Crippen molar-refractivity contribution in [3.05, 3.63) is 95.1 Å². The van der Waals surface area contributed by atoms with Gasteiger partial charge in [0.15, 0.2) is 11.4 Å². The van der Waals surface area contributed by atoms with Crippen molar-refractivity contribution in [1.82, 2.24) is 10.2 Å². The molecule has 20 nitrogen and oxygen atoms in total. The van der Waals surface area contributed by atoms with Crippen molar-refractivity contribution in [3.63, 3.8) is 0 Å². The Balaban J connectivity index is 1.32. The minimum absolute atomic E-state index is 0.0298. The fourth-order valence-corrected chi connectivity index (χ4v) is 10.8. The summed E-state index contributed by atoms with van der Waals surface area (Å²) in [6.45, 7) is 10.1. The van der Waals surface area contributed by atoms with Gasteiger partial charge in [-0.3, -0.25) is 24.1 Å². The molecule has 1 saturated heterocycles. The number of aliphatic hydroxyl groups excluding tert-OH is 2. The maximum atomic E-state index is 15.2. The maximum absolute atomic E-state index is 15.2. The number of hydrogen-bond acceptors (Lipinski definition) is 18. The smallest absolute Gasteiger partial charge is 0.408 e. The molecule has 0 aromatic heterocycles. The van der Waals surface area contributed by atoms with Gasteiger partial charge in [-0.2, -0.15) is 0 Å². The van der Waals surface area contributed by atoms with Crippen LogP contribution in [0.5, 0.6) is 0 Å². The predicted molar refractivity (Wildman–Crippen MR) is 244 cm³/mol. The number of carbonyl (C=O) groups excluding carboxylic acids is 8. The summed E-state index contributed by atoms with van der Waals surface area (Å²) in [7, 11) is 0. The number of esters is 4. The number of rotatable bonds is 14. The Morgan fingerprint density at radius 1 is 0.915 bits per heavy atom. The third kappa shape index (κ3) is 9.74. The van der Waals surface area contributed by atoms with E-state index in [1.165, 1.54) is 52.0 Å². The zero-order chi connectivity index (χ0) is 52.0. The van der Waals surface area contributed by atoms with E-state index in [2.05, 4.69) is 5.32 Å². The van der Waals surface area contributed by atoms with Crippen LogP contribution in [-0.2, 0) is 61.9 Å². The van der Waals surface area contributed by atoms with Gasteiger partial charge in [0.2, 0.25) is 6.10 Å². The molecule has 382 valence electrons. The number of benzene rings is 2. The van der Waals surface area contributed by atoms with E-state index in [0.29, 0.717) is 0 Å². The number of Topliss-reactive ketones (excluding diaryl/α,β-unsaturated/α-hetero) is 1. The number of ether oxygens (including phenoxy) is 7. The van der Waals surface area contributed by atoms with Gasteiger partial charge in [0, 0.05) is 37.3 Å². The van der Waals surface area contributed by atoms with Gasteiger partial charge in [0.1, 0.15) is 48.3 Å². The Morgan fingerprint density at radius 3 is 2.11 bits per heavy atom. The van der Waals surface area contributed by atoms with Crippen LogP contribution in [0.1, 0.15) is 90.2 Å². The molecule has 7 rings (SSSR count). The van der Waals surface area contributed by atoms with Gasteiger partial charge in [-0.25, -0.2) is 19.2 Å². The molecule has 5 unspecified atom stereocenters. The lowest BCUT2D eigenvalue weighted by atomic mass is 9.44. The second-order valence-corrected chi connectivity index (χ2v) is 20.3. The SMILES string of the molecule is CC(=O)O[C@@]12CO[C@@H]1C[C@H](O)[C@@]1(C)C(=O)[C@H](O)C3=C(C)C(OC(=O)C(OC(=O)COCCN4C(=O)C=CC4=O)C(NC(=O)OC(C)(C)C)c4ccccc4)C[C@@](O)(C(OC(=O)c4ccccc4)C12)C3(C)C. The van der Waals surface area contributed by atoms with Crippen LogP contribution in [0.15, 0.2) is 84.0 Å². The lowest BCUT2D eigenvalue weighted by Crippen LogP contribution is -2.81. The molecule has 0 radical (unpaired) electrons. The van der Waals surface area contributed by atoms with Crippen molar-refractivity contribution in [3.8, 4) is 0 Å². The number of aliphatic hydroxyl groups is 3. The number of nitrogens with zero attached hydrogens (tertiary/aromatic N) is 1. The summed E-state index contributed by atoms with van der Waals surface area (Å²) < 4.78 is 41.3. The summed E-state index contributed by atoms with van der Waals surface area (Å²) in [5.41, 5.74) is -8.97. The Kier molecular flexibility index (Phi) is 14.6. The molecule has 2 aromatic carbocycles. The largest absolute Gasteiger partial charge is 0.455 e. The first-order valence-corrected chi connectivity index (χ1v) is 23.2. The average molecular weight is 989 g/mol. The fraction of sp³-hybridized carbons (Fsp3) is 0.529. The monoisotopic (exact) mass is 988 g/mol. The van der Waals surface area contributed by atoms with E-state index in [1.807, 2.05) is 0 Å². The third-order valence-corrected chi connectivity index (χ3v) is 14.4. The van der Waals surface area contributed by atoms with Crippen LogP contribution in [0.2, 0.25) is 0 Å². The molecule has 3 fully saturated rings. The number of hydrogen-bond donors (Lipinski definition) is 4. The molecule has 2 heterocycles. The molecule has 2 saturated carbocycles. The molecule has 20 heteroatoms. The van der Waals surface area contributed by atoms with Crippen molar-refractivity contribution in [2.45, 2.75) is 128 Å². The molecule has 2 aromatic rings. The first-order valence-electron chi connectivity index (χ1n) is 23.2. The number of imide groups is 1. The lowest BCUT2D eigenvalue weighted by Gasteiger charge is -2.67. The topological polar surface area (TPSA) is 277 Å². The van der Waals surface area contributed by atoms with Gasteiger partial charge in [-0.15, -0.1) is 0 Å². The number of fused-ring (bicyclic) bond motifs is 5. The molecular weight excluding hydrogens is 929 g/mol. The van der Waals surface area contributed by atoms with Gasteiger partial charge < -0.3 is 53.8 Å². The van der Waals surface area contributed by atoms with Gasteiger partial charge in [-0.05, 0) is 63.5 Å². The number of carbonyl (C=O) groups is 8. The van der Waals surface area contributed by atoms with E-state index < -0.39 is 137 Å². The predicted octanol–water partition coefficient (Wildman–Crippen LogP) is 2.75. The molecule has 2 aliphatic heterocycles. The summed E-state index contributed by atoms with van der Waals surface area (Å²) in [4.78, 5) is 110. The summed E-state index contributed by atoms with van der Waals surface area (Å²) in [6, 6.07) is 14.1. The zero-order valence-electron chi connectivity index (χ0n) is 40.7. The normalized spacial score (nSPS) is 30.6. The average Bonchev–Trinajstić information content (AvgIpc) is 3.62. The van der Waals surface area contributed by atoms with Gasteiger partial charge >= 0.3 is 30.0 Å². The number of ketones is 1. The van der Waals surface area contributed by atoms with Crippen LogP contribution in [0, 0.1) is 16.7 Å². The molecule has 0 spiro atoms. The van der Waals surface area contributed by atoms with E-state index in [4.69, 9.17) is 33.2 Å². The lowest BCUT2D eigenvalue weighted by molar-refractivity contribution is -0.346. The van der Waals surface area contributed by atoms with Crippen molar-refractivity contribution >= 4 is 47.6 Å². The Hall–Kier alpha value is -6.32. The van der Waals surface area contributed by atoms with E-state index >= 15 is 9.59 Å². The summed E-state index contributed by atoms with van der Waals surface area (Å²) >= 11 is 0. The number of alkyl carbamates (subject to hydrolysis) is 1. The van der Waals surface area contributed by atoms with Crippen molar-refractivity contribution < 1.29 is 86.8 Å². The second kappa shape index (κ2) is 19.7. The van der Waals surface area contributed by atoms with Crippen LogP contribution in [0.25, 0.3) is 0 Å². The fourth-order valence-electron chi connectivity index (χ4n) is 10.8. The van der Waals surface area contributed by atoms with Gasteiger partial charge in [0.05, 0.1) is 42.8 Å². The molecule has 5 aliphatic rings. The van der Waals surface area contributed by atoms with Crippen LogP contribution in [-0.4, -0.2) is 148 Å². The summed E-state index contributed by atoms with van der Waals surface area (Å²) in [5.74, 6) is -8.00. The van der Waals surface area contributed by atoms with Gasteiger partial charge in [0.25, 0.3) is 11.8 Å². The number of nitrogens with one attached hydrogen (secondary N) is 1. The van der Waals surface area contributed by atoms with Crippen molar-refractivity contribution in [1.29, 1.82) is 0 Å². The van der Waals surface area contributed by atoms with Crippen LogP contribution >= 0.6 is 0 Å². The minimum Gasteiger partial charge on any atom is -0.455 e. The van der Waals surface area contributed by atoms with E-state index in [-0.39, 0.29) is 48.5 Å². The van der Waals surface area contributed by atoms with Crippen LogP contribution < -0.4 is 5.32 Å². The first-order chi connectivity index (χ1) is 33.3. The first kappa shape index (κ1) is 52.5. The standard InChI is InChI=1S/C51H60N2O18/c1-27-31(67-45(62)40(68-36(58)25-65-22-21-53-34(56)19-20-35(53)57)38(29-15-11-9-12-16-29)52-46(63)71-47(3,4)5)24-51(64)43(69-44(61)30-17-13-10-14-18-30)41-49(8,42(60)39(59)37(27)48(51,6)7)32(55)23-33-50(41,26-66-33)70-28(2)54/h9-20,31-33,38-41,43,55,59,64H,21-26H2,1-8H3,(H,52,63)/t31?,32-,33+,38?,39+,40?,41?,43?,49+,50-,51+/m0/s1. The Bertz CT molecular complexity index is 2500. The highest BCUT2D eigenvalue weighted by Crippen LogP contribution is 2.64. The molecule has 3 aliphatic carbocycles. The maximum Gasteiger partial charge on any atom is 0.408 e. The highest BCUT2D eigenvalue weighted by Gasteiger charge is 2.78. The summed E-state index contributed by atoms with van der Waals surface area (Å²) in [6.07, 6.45) is -10.1. The minimum atomic E-state index is -2.48. The summed E-state index contributed by atoms with van der Waals surface area (Å²) in [5, 5.41) is 40.7. The molecule has 71 heavy (non-hydrogen) atoms.